The summed E-state index contributed by atoms with van der Waals surface area (Å²) in [5, 5.41) is 7.93. The van der Waals surface area contributed by atoms with Gasteiger partial charge in [0.2, 0.25) is 0 Å². The Hall–Kier alpha value is -0.870. The monoisotopic (exact) mass is 264 g/mol. The van der Waals surface area contributed by atoms with Crippen LogP contribution in [0.15, 0.2) is 12.4 Å². The molecule has 0 aromatic carbocycles. The Kier molecular flexibility index (Phi) is 5.40. The third kappa shape index (κ3) is 4.96. The number of nitrogens with one attached hydrogen (secondary N) is 1. The highest BCUT2D eigenvalue weighted by atomic mass is 15.2. The lowest BCUT2D eigenvalue weighted by Crippen LogP contribution is -2.39. The maximum atomic E-state index is 4.24. The molecule has 0 aliphatic carbocycles. The molecule has 19 heavy (non-hydrogen) atoms. The van der Waals surface area contributed by atoms with Gasteiger partial charge in [-0.3, -0.25) is 4.68 Å². The first-order valence-electron chi connectivity index (χ1n) is 7.56. The number of aromatic nitrogens is 2. The summed E-state index contributed by atoms with van der Waals surface area (Å²) in [5.74, 6) is 0.774. The number of hydrogen-bond donors (Lipinski definition) is 1. The van der Waals surface area contributed by atoms with Crippen molar-refractivity contribution in [2.45, 2.75) is 39.2 Å². The zero-order valence-corrected chi connectivity index (χ0v) is 12.6. The molecule has 1 aliphatic rings. The van der Waals surface area contributed by atoms with E-state index in [1.807, 2.05) is 17.9 Å². The minimum Gasteiger partial charge on any atom is -0.313 e. The molecule has 0 radical (unpaired) electrons. The Bertz CT molecular complexity index is 372. The first kappa shape index (κ1) is 14.5. The average Bonchev–Trinajstić information content (AvgIpc) is 2.63. The van der Waals surface area contributed by atoms with E-state index in [1.165, 1.54) is 38.0 Å². The summed E-state index contributed by atoms with van der Waals surface area (Å²) in [5.41, 5.74) is 1.35. The van der Waals surface area contributed by atoms with Gasteiger partial charge in [-0.1, -0.05) is 13.8 Å². The number of nitrogens with zero attached hydrogens (tertiary/aromatic N) is 3. The number of hydrogen-bond acceptors (Lipinski definition) is 3. The molecule has 1 fully saturated rings. The molecule has 0 spiro atoms. The molecule has 108 valence electrons. The van der Waals surface area contributed by atoms with E-state index in [4.69, 9.17) is 0 Å². The van der Waals surface area contributed by atoms with E-state index in [-0.39, 0.29) is 0 Å². The zero-order chi connectivity index (χ0) is 13.7. The summed E-state index contributed by atoms with van der Waals surface area (Å²) >= 11 is 0. The first-order valence-corrected chi connectivity index (χ1v) is 7.56. The summed E-state index contributed by atoms with van der Waals surface area (Å²) < 4.78 is 1.89. The highest BCUT2D eigenvalue weighted by molar-refractivity contribution is 5.04. The molecule has 0 saturated carbocycles. The molecule has 2 heterocycles. The van der Waals surface area contributed by atoms with E-state index in [9.17, 15) is 0 Å². The predicted octanol–water partition coefficient (Wildman–Crippen LogP) is 1.67. The van der Waals surface area contributed by atoms with Crippen molar-refractivity contribution in [1.82, 2.24) is 20.0 Å². The Labute approximate surface area is 117 Å². The van der Waals surface area contributed by atoms with Crippen LogP contribution in [0.2, 0.25) is 0 Å². The Morgan fingerprint density at radius 1 is 1.47 bits per heavy atom. The summed E-state index contributed by atoms with van der Waals surface area (Å²) in [4.78, 5) is 2.61. The van der Waals surface area contributed by atoms with Gasteiger partial charge in [-0.05, 0) is 43.8 Å². The average molecular weight is 264 g/mol. The summed E-state index contributed by atoms with van der Waals surface area (Å²) in [6.07, 6.45) is 7.77. The molecule has 1 aliphatic heterocycles. The van der Waals surface area contributed by atoms with Crippen molar-refractivity contribution < 1.29 is 0 Å². The van der Waals surface area contributed by atoms with Crippen molar-refractivity contribution in [3.63, 3.8) is 0 Å². The van der Waals surface area contributed by atoms with E-state index in [0.717, 1.165) is 18.9 Å². The van der Waals surface area contributed by atoms with Gasteiger partial charge in [-0.15, -0.1) is 0 Å². The van der Waals surface area contributed by atoms with Crippen LogP contribution < -0.4 is 5.32 Å². The fourth-order valence-corrected chi connectivity index (χ4v) is 2.89. The van der Waals surface area contributed by atoms with Crippen LogP contribution in [-0.4, -0.2) is 46.9 Å². The fraction of sp³-hybridized carbons (Fsp3) is 0.800. The Morgan fingerprint density at radius 2 is 2.32 bits per heavy atom. The number of aryl methyl sites for hydroxylation is 1. The third-order valence-electron chi connectivity index (χ3n) is 3.79. The van der Waals surface area contributed by atoms with Crippen molar-refractivity contribution in [1.29, 1.82) is 0 Å². The number of rotatable bonds is 5. The lowest BCUT2D eigenvalue weighted by Gasteiger charge is -2.25. The smallest absolute Gasteiger partial charge is 0.0522 e. The first-order chi connectivity index (χ1) is 9.13. The van der Waals surface area contributed by atoms with Crippen molar-refractivity contribution >= 4 is 0 Å². The van der Waals surface area contributed by atoms with E-state index >= 15 is 0 Å². The quantitative estimate of drug-likeness (QED) is 0.878. The molecule has 1 aromatic heterocycles. The largest absolute Gasteiger partial charge is 0.313 e. The topological polar surface area (TPSA) is 33.1 Å². The Morgan fingerprint density at radius 3 is 3.00 bits per heavy atom. The second kappa shape index (κ2) is 7.06. The van der Waals surface area contributed by atoms with E-state index in [0.29, 0.717) is 6.04 Å². The van der Waals surface area contributed by atoms with Gasteiger partial charge < -0.3 is 10.2 Å². The van der Waals surface area contributed by atoms with E-state index < -0.39 is 0 Å². The fourth-order valence-electron chi connectivity index (χ4n) is 2.89. The molecular formula is C15H28N4. The lowest BCUT2D eigenvalue weighted by molar-refractivity contribution is 0.258. The SMILES string of the molecule is CC(C)CC1CN(CCc2cnn(C)c2)CCCN1. The van der Waals surface area contributed by atoms with Crippen LogP contribution in [-0.2, 0) is 13.5 Å². The van der Waals surface area contributed by atoms with Crippen LogP contribution in [0, 0.1) is 5.92 Å². The highest BCUT2D eigenvalue weighted by Gasteiger charge is 2.18. The lowest BCUT2D eigenvalue weighted by atomic mass is 10.0. The highest BCUT2D eigenvalue weighted by Crippen LogP contribution is 2.10. The molecule has 1 atom stereocenters. The van der Waals surface area contributed by atoms with Gasteiger partial charge in [-0.25, -0.2) is 0 Å². The molecule has 4 heteroatoms. The van der Waals surface area contributed by atoms with Gasteiger partial charge >= 0.3 is 0 Å². The minimum atomic E-state index is 0.663. The third-order valence-corrected chi connectivity index (χ3v) is 3.79. The summed E-state index contributed by atoms with van der Waals surface area (Å²) in [6, 6.07) is 0.663. The molecule has 1 unspecified atom stereocenters. The standard InChI is InChI=1S/C15H28N4/c1-13(2)9-15-12-19(7-4-6-16-15)8-5-14-10-17-18(3)11-14/h10-11,13,15-16H,4-9,12H2,1-3H3. The predicted molar refractivity (Wildman–Crippen MR) is 79.2 cm³/mol. The van der Waals surface area contributed by atoms with Crippen LogP contribution in [0.25, 0.3) is 0 Å². The van der Waals surface area contributed by atoms with E-state index in [2.05, 4.69) is 35.4 Å². The molecule has 1 N–H and O–H groups in total. The van der Waals surface area contributed by atoms with Gasteiger partial charge in [-0.2, -0.15) is 5.10 Å². The van der Waals surface area contributed by atoms with Crippen molar-refractivity contribution in [2.24, 2.45) is 13.0 Å². The van der Waals surface area contributed by atoms with Crippen molar-refractivity contribution in [3.05, 3.63) is 18.0 Å². The van der Waals surface area contributed by atoms with Gasteiger partial charge in [0.15, 0.2) is 0 Å². The van der Waals surface area contributed by atoms with Crippen molar-refractivity contribution in [3.8, 4) is 0 Å². The van der Waals surface area contributed by atoms with Crippen LogP contribution in [0.3, 0.4) is 0 Å². The molecule has 0 amide bonds. The molecule has 1 saturated heterocycles. The summed E-state index contributed by atoms with van der Waals surface area (Å²) in [7, 11) is 1.98. The summed E-state index contributed by atoms with van der Waals surface area (Å²) in [6.45, 7) is 9.36. The maximum absolute atomic E-state index is 4.24. The van der Waals surface area contributed by atoms with Crippen LogP contribution in [0.1, 0.15) is 32.3 Å². The normalized spacial score (nSPS) is 21.8. The second-order valence-corrected chi connectivity index (χ2v) is 6.21. The van der Waals surface area contributed by atoms with Gasteiger partial charge in [0.1, 0.15) is 0 Å². The Balaban J connectivity index is 1.81. The van der Waals surface area contributed by atoms with Crippen LogP contribution in [0.5, 0.6) is 0 Å². The van der Waals surface area contributed by atoms with Crippen LogP contribution >= 0.6 is 0 Å². The van der Waals surface area contributed by atoms with Gasteiger partial charge in [0.25, 0.3) is 0 Å². The van der Waals surface area contributed by atoms with Crippen molar-refractivity contribution in [2.75, 3.05) is 26.2 Å². The molecular weight excluding hydrogens is 236 g/mol. The van der Waals surface area contributed by atoms with Crippen LogP contribution in [0.4, 0.5) is 0 Å². The molecule has 2 rings (SSSR count). The second-order valence-electron chi connectivity index (χ2n) is 6.21. The van der Waals surface area contributed by atoms with E-state index in [1.54, 1.807) is 0 Å². The van der Waals surface area contributed by atoms with Gasteiger partial charge in [0.05, 0.1) is 6.20 Å². The molecule has 4 nitrogen and oxygen atoms in total. The maximum Gasteiger partial charge on any atom is 0.0522 e. The van der Waals surface area contributed by atoms with Gasteiger partial charge in [0, 0.05) is 32.4 Å². The molecule has 1 aromatic rings. The molecule has 0 bridgehead atoms. The zero-order valence-electron chi connectivity index (χ0n) is 12.6. The minimum absolute atomic E-state index is 0.663.